The zero-order valence-electron chi connectivity index (χ0n) is 12.7. The van der Waals surface area contributed by atoms with E-state index in [1.165, 1.54) is 12.1 Å². The molecule has 1 saturated carbocycles. The average molecular weight is 351 g/mol. The maximum absolute atomic E-state index is 13.0. The van der Waals surface area contributed by atoms with Crippen LogP contribution in [0.4, 0.5) is 0 Å². The van der Waals surface area contributed by atoms with Gasteiger partial charge in [0.25, 0.3) is 0 Å². The van der Waals surface area contributed by atoms with Gasteiger partial charge in [0.15, 0.2) is 9.84 Å². The van der Waals surface area contributed by atoms with E-state index in [0.29, 0.717) is 5.02 Å². The number of nitrogens with two attached hydrogens (primary N) is 2. The highest BCUT2D eigenvalue weighted by atomic mass is 35.5. The molecule has 23 heavy (non-hydrogen) atoms. The third kappa shape index (κ3) is 2.68. The van der Waals surface area contributed by atoms with Gasteiger partial charge in [-0.2, -0.15) is 0 Å². The number of aryl methyl sites for hydroxylation is 1. The Kier molecular flexibility index (Phi) is 4.01. The molecule has 0 unspecified atom stereocenters. The normalized spacial score (nSPS) is 27.0. The van der Waals surface area contributed by atoms with E-state index in [2.05, 4.69) is 0 Å². The third-order valence-electron chi connectivity index (χ3n) is 4.57. The molecule has 0 aromatic heterocycles. The van der Waals surface area contributed by atoms with E-state index in [1.54, 1.807) is 12.1 Å². The van der Waals surface area contributed by atoms with Gasteiger partial charge in [0.1, 0.15) is 0 Å². The molecule has 3 rings (SSSR count). The SMILES string of the molecule is Cc1ccc([C@@H]2[C@H](S(=O)(=O)c3ccc(Cl)cc3)[C@]2(N)CN)cc1. The number of sulfone groups is 1. The topological polar surface area (TPSA) is 86.2 Å². The van der Waals surface area contributed by atoms with Gasteiger partial charge in [-0.05, 0) is 36.8 Å². The minimum absolute atomic E-state index is 0.114. The lowest BCUT2D eigenvalue weighted by atomic mass is 10.1. The van der Waals surface area contributed by atoms with Crippen LogP contribution in [-0.2, 0) is 9.84 Å². The van der Waals surface area contributed by atoms with Crippen LogP contribution in [-0.4, -0.2) is 25.8 Å². The standard InChI is InChI=1S/C17H19ClN2O2S/c1-11-2-4-12(5-3-11)15-16(17(15,20)10-19)23(21,22)14-8-6-13(18)7-9-14/h2-9,15-16H,10,19-20H2,1H3/t15-,16+,17+/m1/s1. The molecule has 0 saturated heterocycles. The fourth-order valence-corrected chi connectivity index (χ4v) is 5.61. The Morgan fingerprint density at radius 1 is 1.09 bits per heavy atom. The highest BCUT2D eigenvalue weighted by Crippen LogP contribution is 2.55. The van der Waals surface area contributed by atoms with Gasteiger partial charge < -0.3 is 11.5 Å². The molecule has 0 heterocycles. The zero-order chi connectivity index (χ0) is 16.8. The van der Waals surface area contributed by atoms with Gasteiger partial charge in [0, 0.05) is 17.5 Å². The maximum Gasteiger partial charge on any atom is 0.183 e. The van der Waals surface area contributed by atoms with Gasteiger partial charge in [-0.15, -0.1) is 0 Å². The lowest BCUT2D eigenvalue weighted by Crippen LogP contribution is -2.39. The predicted molar refractivity (Wildman–Crippen MR) is 92.3 cm³/mol. The molecule has 3 atom stereocenters. The Hall–Kier alpha value is -1.40. The van der Waals surface area contributed by atoms with Gasteiger partial charge in [0.2, 0.25) is 0 Å². The van der Waals surface area contributed by atoms with Crippen molar-refractivity contribution in [3.63, 3.8) is 0 Å². The van der Waals surface area contributed by atoms with E-state index in [4.69, 9.17) is 23.1 Å². The lowest BCUT2D eigenvalue weighted by molar-refractivity contribution is 0.586. The molecule has 1 aliphatic carbocycles. The van der Waals surface area contributed by atoms with Crippen LogP contribution in [0.3, 0.4) is 0 Å². The molecular weight excluding hydrogens is 332 g/mol. The summed E-state index contributed by atoms with van der Waals surface area (Å²) in [5, 5.41) is -0.225. The molecule has 0 bridgehead atoms. The van der Waals surface area contributed by atoms with Gasteiger partial charge in [0.05, 0.1) is 15.7 Å². The zero-order valence-corrected chi connectivity index (χ0v) is 14.3. The van der Waals surface area contributed by atoms with E-state index >= 15 is 0 Å². The van der Waals surface area contributed by atoms with Crippen molar-refractivity contribution in [2.75, 3.05) is 6.54 Å². The van der Waals surface area contributed by atoms with E-state index in [0.717, 1.165) is 11.1 Å². The summed E-state index contributed by atoms with van der Waals surface area (Å²) in [6.45, 7) is 2.10. The van der Waals surface area contributed by atoms with Crippen molar-refractivity contribution in [2.24, 2.45) is 11.5 Å². The number of halogens is 1. The molecule has 0 radical (unpaired) electrons. The first kappa shape index (κ1) is 16.5. The fourth-order valence-electron chi connectivity index (χ4n) is 3.16. The predicted octanol–water partition coefficient (Wildman–Crippen LogP) is 2.24. The van der Waals surface area contributed by atoms with E-state index in [1.807, 2.05) is 31.2 Å². The van der Waals surface area contributed by atoms with Crippen LogP contribution >= 0.6 is 11.6 Å². The number of benzene rings is 2. The summed E-state index contributed by atoms with van der Waals surface area (Å²) in [4.78, 5) is 0.227. The minimum Gasteiger partial charge on any atom is -0.329 e. The highest BCUT2D eigenvalue weighted by molar-refractivity contribution is 7.92. The van der Waals surface area contributed by atoms with Gasteiger partial charge in [-0.3, -0.25) is 0 Å². The summed E-state index contributed by atoms with van der Waals surface area (Å²) >= 11 is 5.84. The first-order valence-corrected chi connectivity index (χ1v) is 9.28. The van der Waals surface area contributed by atoms with Gasteiger partial charge in [-0.1, -0.05) is 41.4 Å². The first-order chi connectivity index (χ1) is 10.8. The maximum atomic E-state index is 13.0. The number of rotatable bonds is 4. The minimum atomic E-state index is -3.57. The quantitative estimate of drug-likeness (QED) is 0.885. The summed E-state index contributed by atoms with van der Waals surface area (Å²) in [6.07, 6.45) is 0. The van der Waals surface area contributed by atoms with E-state index in [-0.39, 0.29) is 17.4 Å². The van der Waals surface area contributed by atoms with E-state index in [9.17, 15) is 8.42 Å². The Morgan fingerprint density at radius 3 is 2.17 bits per heavy atom. The molecular formula is C17H19ClN2O2S. The molecule has 1 fully saturated rings. The first-order valence-electron chi connectivity index (χ1n) is 7.35. The molecule has 2 aromatic rings. The molecule has 0 amide bonds. The van der Waals surface area contributed by atoms with Crippen molar-refractivity contribution in [3.05, 3.63) is 64.7 Å². The van der Waals surface area contributed by atoms with Crippen LogP contribution in [0.5, 0.6) is 0 Å². The molecule has 1 aliphatic rings. The largest absolute Gasteiger partial charge is 0.329 e. The summed E-state index contributed by atoms with van der Waals surface area (Å²) < 4.78 is 25.9. The van der Waals surface area contributed by atoms with Crippen molar-refractivity contribution in [1.29, 1.82) is 0 Å². The molecule has 4 nitrogen and oxygen atoms in total. The van der Waals surface area contributed by atoms with Crippen LogP contribution in [0.25, 0.3) is 0 Å². The second-order valence-electron chi connectivity index (χ2n) is 6.12. The molecule has 4 N–H and O–H groups in total. The van der Waals surface area contributed by atoms with Gasteiger partial charge >= 0.3 is 0 Å². The van der Waals surface area contributed by atoms with Crippen molar-refractivity contribution in [3.8, 4) is 0 Å². The Balaban J connectivity index is 2.01. The van der Waals surface area contributed by atoms with Crippen LogP contribution < -0.4 is 11.5 Å². The third-order valence-corrected chi connectivity index (χ3v) is 7.13. The Bertz CT molecular complexity index is 819. The van der Waals surface area contributed by atoms with Crippen LogP contribution in [0.1, 0.15) is 17.0 Å². The number of hydrogen-bond acceptors (Lipinski definition) is 4. The van der Waals surface area contributed by atoms with E-state index < -0.39 is 20.6 Å². The second-order valence-corrected chi connectivity index (χ2v) is 8.63. The highest BCUT2D eigenvalue weighted by Gasteiger charge is 2.68. The summed E-state index contributed by atoms with van der Waals surface area (Å²) in [7, 11) is -3.57. The average Bonchev–Trinajstić information content (AvgIpc) is 3.16. The molecule has 0 spiro atoms. The molecule has 6 heteroatoms. The Labute approximate surface area is 141 Å². The van der Waals surface area contributed by atoms with Crippen molar-refractivity contribution >= 4 is 21.4 Å². The lowest BCUT2D eigenvalue weighted by Gasteiger charge is -2.09. The van der Waals surface area contributed by atoms with Crippen LogP contribution in [0.15, 0.2) is 53.4 Å². The van der Waals surface area contributed by atoms with Gasteiger partial charge in [-0.25, -0.2) is 8.42 Å². The fraction of sp³-hybridized carbons (Fsp3) is 0.294. The second kappa shape index (κ2) is 5.60. The Morgan fingerprint density at radius 2 is 1.65 bits per heavy atom. The van der Waals surface area contributed by atoms with Crippen molar-refractivity contribution in [2.45, 2.75) is 28.5 Å². The van der Waals surface area contributed by atoms with Crippen LogP contribution in [0, 0.1) is 6.92 Å². The summed E-state index contributed by atoms with van der Waals surface area (Å²) in [5.41, 5.74) is 13.2. The smallest absolute Gasteiger partial charge is 0.183 e. The van der Waals surface area contributed by atoms with Crippen molar-refractivity contribution < 1.29 is 8.42 Å². The molecule has 0 aliphatic heterocycles. The number of hydrogen-bond donors (Lipinski definition) is 2. The van der Waals surface area contributed by atoms with Crippen LogP contribution in [0.2, 0.25) is 5.02 Å². The monoisotopic (exact) mass is 350 g/mol. The van der Waals surface area contributed by atoms with Crippen molar-refractivity contribution in [1.82, 2.24) is 0 Å². The molecule has 122 valence electrons. The summed E-state index contributed by atoms with van der Waals surface area (Å²) in [5.74, 6) is -0.297. The summed E-state index contributed by atoms with van der Waals surface area (Å²) in [6, 6.07) is 13.9. The molecule has 2 aromatic carbocycles.